The normalized spacial score (nSPS) is 16.1. The number of nitrogens with one attached hydrogen (secondary N) is 1. The molecule has 1 saturated carbocycles. The second-order valence-electron chi connectivity index (χ2n) is 5.39. The Bertz CT molecular complexity index is 769. The average molecular weight is 308 g/mol. The summed E-state index contributed by atoms with van der Waals surface area (Å²) in [6.45, 7) is 5.27. The van der Waals surface area contributed by atoms with Gasteiger partial charge < -0.3 is 0 Å². The van der Waals surface area contributed by atoms with Crippen LogP contribution in [0.4, 0.5) is 5.69 Å². The number of rotatable bonds is 4. The fraction of sp³-hybridized carbons (Fsp3) is 0.583. The molecule has 8 nitrogen and oxygen atoms in total. The standard InChI is InChI=1S/C12H16N6O2S/c1-6-10(18(19)20)7(2)17(15-6)8(3)11-13-14-12(21)16(11)9-4-5-9/h8-9H,4-5H2,1-3H3,(H,14,21)/t8-/m1/s1. The highest BCUT2D eigenvalue weighted by molar-refractivity contribution is 7.71. The third-order valence-electron chi connectivity index (χ3n) is 3.85. The first-order valence-corrected chi connectivity index (χ1v) is 7.19. The van der Waals surface area contributed by atoms with Gasteiger partial charge in [-0.15, -0.1) is 0 Å². The smallest absolute Gasteiger partial charge is 0.299 e. The van der Waals surface area contributed by atoms with E-state index in [1.807, 2.05) is 11.5 Å². The minimum absolute atomic E-state index is 0.0638. The summed E-state index contributed by atoms with van der Waals surface area (Å²) in [6.07, 6.45) is 2.18. The molecule has 1 atom stereocenters. The third kappa shape index (κ3) is 2.17. The second-order valence-corrected chi connectivity index (χ2v) is 5.77. The summed E-state index contributed by atoms with van der Waals surface area (Å²) in [6, 6.07) is 0.173. The van der Waals surface area contributed by atoms with E-state index in [2.05, 4.69) is 15.3 Å². The molecule has 1 aliphatic carbocycles. The van der Waals surface area contributed by atoms with Crippen LogP contribution in [0.15, 0.2) is 0 Å². The first-order valence-electron chi connectivity index (χ1n) is 6.78. The van der Waals surface area contributed by atoms with Crippen LogP contribution in [0.3, 0.4) is 0 Å². The summed E-state index contributed by atoms with van der Waals surface area (Å²) in [5.41, 5.74) is 1.01. The predicted octanol–water partition coefficient (Wildman–Crippen LogP) is 2.61. The van der Waals surface area contributed by atoms with Gasteiger partial charge in [-0.05, 0) is 45.8 Å². The van der Waals surface area contributed by atoms with Crippen molar-refractivity contribution in [2.45, 2.75) is 45.7 Å². The maximum atomic E-state index is 11.1. The van der Waals surface area contributed by atoms with Gasteiger partial charge in [0, 0.05) is 6.04 Å². The molecule has 0 radical (unpaired) electrons. The Labute approximate surface area is 125 Å². The molecule has 0 spiro atoms. The molecule has 1 aliphatic rings. The molecule has 2 heterocycles. The summed E-state index contributed by atoms with van der Waals surface area (Å²) in [5, 5.41) is 22.5. The van der Waals surface area contributed by atoms with E-state index in [1.54, 1.807) is 18.5 Å². The van der Waals surface area contributed by atoms with Crippen molar-refractivity contribution in [2.24, 2.45) is 0 Å². The van der Waals surface area contributed by atoms with Crippen molar-refractivity contribution < 1.29 is 4.92 Å². The molecule has 0 saturated heterocycles. The lowest BCUT2D eigenvalue weighted by atomic mass is 10.3. The van der Waals surface area contributed by atoms with E-state index in [4.69, 9.17) is 12.2 Å². The number of aromatic nitrogens is 5. The number of aryl methyl sites for hydroxylation is 1. The summed E-state index contributed by atoms with van der Waals surface area (Å²) in [5.74, 6) is 0.767. The van der Waals surface area contributed by atoms with Crippen molar-refractivity contribution in [3.63, 3.8) is 0 Å². The number of hydrogen-bond donors (Lipinski definition) is 1. The van der Waals surface area contributed by atoms with Crippen LogP contribution < -0.4 is 0 Å². The van der Waals surface area contributed by atoms with E-state index in [9.17, 15) is 10.1 Å². The Morgan fingerprint density at radius 3 is 2.67 bits per heavy atom. The van der Waals surface area contributed by atoms with Crippen molar-refractivity contribution in [3.05, 3.63) is 32.1 Å². The molecule has 0 bridgehead atoms. The first kappa shape index (κ1) is 13.9. The molecule has 0 amide bonds. The monoisotopic (exact) mass is 308 g/mol. The fourth-order valence-corrected chi connectivity index (χ4v) is 2.99. The molecule has 0 unspecified atom stereocenters. The zero-order valence-corrected chi connectivity index (χ0v) is 12.8. The number of nitro groups is 1. The summed E-state index contributed by atoms with van der Waals surface area (Å²) >= 11 is 5.27. The molecule has 0 aromatic carbocycles. The van der Waals surface area contributed by atoms with Crippen LogP contribution in [0.1, 0.15) is 49.1 Å². The Kier molecular flexibility index (Phi) is 3.16. The van der Waals surface area contributed by atoms with Gasteiger partial charge in [0.25, 0.3) is 0 Å². The molecule has 0 aliphatic heterocycles. The zero-order chi connectivity index (χ0) is 15.3. The van der Waals surface area contributed by atoms with Gasteiger partial charge in [0.1, 0.15) is 17.4 Å². The largest absolute Gasteiger partial charge is 0.312 e. The molecular formula is C12H16N6O2S. The summed E-state index contributed by atoms with van der Waals surface area (Å²) in [7, 11) is 0. The molecule has 2 aromatic heterocycles. The van der Waals surface area contributed by atoms with Crippen LogP contribution >= 0.6 is 12.2 Å². The Balaban J connectivity index is 2.07. The van der Waals surface area contributed by atoms with Crippen LogP contribution in [0, 0.1) is 28.7 Å². The Morgan fingerprint density at radius 2 is 2.14 bits per heavy atom. The minimum atomic E-state index is -0.390. The van der Waals surface area contributed by atoms with E-state index in [0.29, 0.717) is 22.2 Å². The van der Waals surface area contributed by atoms with Crippen LogP contribution in [-0.4, -0.2) is 29.5 Å². The molecule has 2 aromatic rings. The highest BCUT2D eigenvalue weighted by Crippen LogP contribution is 2.37. The lowest BCUT2D eigenvalue weighted by Gasteiger charge is -2.14. The van der Waals surface area contributed by atoms with E-state index in [-0.39, 0.29) is 16.7 Å². The zero-order valence-electron chi connectivity index (χ0n) is 12.0. The van der Waals surface area contributed by atoms with Gasteiger partial charge >= 0.3 is 5.69 Å². The third-order valence-corrected chi connectivity index (χ3v) is 4.14. The average Bonchev–Trinajstić information content (AvgIpc) is 3.10. The fourth-order valence-electron chi connectivity index (χ4n) is 2.70. The van der Waals surface area contributed by atoms with Gasteiger partial charge in [-0.3, -0.25) is 24.5 Å². The predicted molar refractivity (Wildman–Crippen MR) is 77.9 cm³/mol. The maximum Gasteiger partial charge on any atom is 0.312 e. The van der Waals surface area contributed by atoms with Crippen LogP contribution in [0.2, 0.25) is 0 Å². The number of H-pyrrole nitrogens is 1. The molecule has 9 heteroatoms. The van der Waals surface area contributed by atoms with Gasteiger partial charge in [0.15, 0.2) is 10.6 Å². The lowest BCUT2D eigenvalue weighted by Crippen LogP contribution is -2.16. The molecular weight excluding hydrogens is 292 g/mol. The SMILES string of the molecule is Cc1nn([C@H](C)c2n[nH]c(=S)n2C2CC2)c(C)c1[N+](=O)[O-]. The van der Waals surface area contributed by atoms with Gasteiger partial charge in [-0.1, -0.05) is 0 Å². The highest BCUT2D eigenvalue weighted by atomic mass is 32.1. The van der Waals surface area contributed by atoms with E-state index in [0.717, 1.165) is 18.7 Å². The van der Waals surface area contributed by atoms with Gasteiger partial charge in [0.05, 0.1) is 4.92 Å². The van der Waals surface area contributed by atoms with Crippen molar-refractivity contribution >= 4 is 17.9 Å². The second kappa shape index (κ2) is 4.76. The van der Waals surface area contributed by atoms with E-state index < -0.39 is 0 Å². The topological polar surface area (TPSA) is 94.6 Å². The molecule has 1 fully saturated rings. The van der Waals surface area contributed by atoms with Crippen molar-refractivity contribution in [1.82, 2.24) is 24.5 Å². The van der Waals surface area contributed by atoms with E-state index in [1.165, 1.54) is 0 Å². The summed E-state index contributed by atoms with van der Waals surface area (Å²) < 4.78 is 4.25. The number of nitrogens with zero attached hydrogens (tertiary/aromatic N) is 5. The molecule has 1 N–H and O–H groups in total. The van der Waals surface area contributed by atoms with E-state index >= 15 is 0 Å². The summed E-state index contributed by atoms with van der Waals surface area (Å²) in [4.78, 5) is 10.7. The van der Waals surface area contributed by atoms with Crippen molar-refractivity contribution in [2.75, 3.05) is 0 Å². The lowest BCUT2D eigenvalue weighted by molar-refractivity contribution is -0.386. The Morgan fingerprint density at radius 1 is 1.48 bits per heavy atom. The van der Waals surface area contributed by atoms with Crippen LogP contribution in [0.5, 0.6) is 0 Å². The van der Waals surface area contributed by atoms with Crippen molar-refractivity contribution in [1.29, 1.82) is 0 Å². The minimum Gasteiger partial charge on any atom is -0.299 e. The molecule has 3 rings (SSSR count). The Hall–Kier alpha value is -2.03. The maximum absolute atomic E-state index is 11.1. The number of aromatic amines is 1. The van der Waals surface area contributed by atoms with Crippen molar-refractivity contribution in [3.8, 4) is 0 Å². The molecule has 112 valence electrons. The first-order chi connectivity index (χ1) is 9.91. The van der Waals surface area contributed by atoms with Gasteiger partial charge in [-0.25, -0.2) is 0 Å². The van der Waals surface area contributed by atoms with Gasteiger partial charge in [-0.2, -0.15) is 10.2 Å². The van der Waals surface area contributed by atoms with Gasteiger partial charge in [0.2, 0.25) is 0 Å². The van der Waals surface area contributed by atoms with Crippen LogP contribution in [-0.2, 0) is 0 Å². The number of hydrogen-bond acceptors (Lipinski definition) is 5. The quantitative estimate of drug-likeness (QED) is 0.532. The van der Waals surface area contributed by atoms with Crippen LogP contribution in [0.25, 0.3) is 0 Å². The molecule has 21 heavy (non-hydrogen) atoms. The highest BCUT2D eigenvalue weighted by Gasteiger charge is 2.31.